The van der Waals surface area contributed by atoms with Gasteiger partial charge in [0.25, 0.3) is 5.91 Å². The van der Waals surface area contributed by atoms with Crippen molar-refractivity contribution in [1.82, 2.24) is 15.6 Å². The molecule has 0 bridgehead atoms. The fourth-order valence-corrected chi connectivity index (χ4v) is 1.48. The summed E-state index contributed by atoms with van der Waals surface area (Å²) in [6, 6.07) is 3.35. The van der Waals surface area contributed by atoms with Gasteiger partial charge in [0, 0.05) is 13.1 Å². The maximum absolute atomic E-state index is 11.1. The molecule has 86 valence electrons. The molecule has 0 aromatic carbocycles. The number of hydrogen-bond donors (Lipinski definition) is 2. The SMILES string of the molecule is NNC(=O)c1ccc(N2CCOCC2)nn1. The van der Waals surface area contributed by atoms with Crippen LogP contribution in [-0.4, -0.2) is 42.4 Å². The third kappa shape index (κ3) is 2.26. The minimum Gasteiger partial charge on any atom is -0.378 e. The van der Waals surface area contributed by atoms with Crippen LogP contribution < -0.4 is 16.2 Å². The molecule has 0 radical (unpaired) electrons. The lowest BCUT2D eigenvalue weighted by Crippen LogP contribution is -2.37. The third-order valence-corrected chi connectivity index (χ3v) is 2.35. The maximum atomic E-state index is 11.1. The first kappa shape index (κ1) is 10.8. The van der Waals surface area contributed by atoms with Gasteiger partial charge in [-0.25, -0.2) is 5.84 Å². The average molecular weight is 223 g/mol. The molecular weight excluding hydrogens is 210 g/mol. The number of amides is 1. The van der Waals surface area contributed by atoms with Crippen molar-refractivity contribution in [3.8, 4) is 0 Å². The molecule has 1 aliphatic heterocycles. The number of anilines is 1. The van der Waals surface area contributed by atoms with Crippen LogP contribution in [0.2, 0.25) is 0 Å². The van der Waals surface area contributed by atoms with E-state index >= 15 is 0 Å². The zero-order valence-electron chi connectivity index (χ0n) is 8.72. The summed E-state index contributed by atoms with van der Waals surface area (Å²) in [7, 11) is 0. The fraction of sp³-hybridized carbons (Fsp3) is 0.444. The highest BCUT2D eigenvalue weighted by Crippen LogP contribution is 2.11. The van der Waals surface area contributed by atoms with Crippen molar-refractivity contribution in [1.29, 1.82) is 0 Å². The minimum absolute atomic E-state index is 0.208. The van der Waals surface area contributed by atoms with E-state index < -0.39 is 5.91 Å². The number of aromatic nitrogens is 2. The molecule has 0 spiro atoms. The highest BCUT2D eigenvalue weighted by Gasteiger charge is 2.13. The molecule has 1 saturated heterocycles. The number of nitrogens with zero attached hydrogens (tertiary/aromatic N) is 3. The molecule has 0 saturated carbocycles. The van der Waals surface area contributed by atoms with Crippen LogP contribution in [0, 0.1) is 0 Å². The molecule has 7 heteroatoms. The van der Waals surface area contributed by atoms with E-state index in [1.807, 2.05) is 5.43 Å². The second kappa shape index (κ2) is 4.86. The number of rotatable bonds is 2. The van der Waals surface area contributed by atoms with Crippen molar-refractivity contribution in [2.24, 2.45) is 5.84 Å². The smallest absolute Gasteiger partial charge is 0.285 e. The van der Waals surface area contributed by atoms with E-state index in [9.17, 15) is 4.79 Å². The Labute approximate surface area is 92.6 Å². The molecule has 1 amide bonds. The zero-order valence-corrected chi connectivity index (χ0v) is 8.72. The van der Waals surface area contributed by atoms with Gasteiger partial charge in [-0.3, -0.25) is 10.2 Å². The molecule has 7 nitrogen and oxygen atoms in total. The molecule has 1 aromatic heterocycles. The van der Waals surface area contributed by atoms with Gasteiger partial charge in [-0.1, -0.05) is 0 Å². The predicted molar refractivity (Wildman–Crippen MR) is 56.7 cm³/mol. The summed E-state index contributed by atoms with van der Waals surface area (Å²) in [5.74, 6) is 5.29. The number of carbonyl (C=O) groups excluding carboxylic acids is 1. The van der Waals surface area contributed by atoms with Gasteiger partial charge in [0.1, 0.15) is 0 Å². The van der Waals surface area contributed by atoms with Gasteiger partial charge in [-0.05, 0) is 12.1 Å². The summed E-state index contributed by atoms with van der Waals surface area (Å²) in [6.45, 7) is 2.95. The number of morpholine rings is 1. The molecule has 0 aliphatic carbocycles. The number of carbonyl (C=O) groups is 1. The molecule has 3 N–H and O–H groups in total. The van der Waals surface area contributed by atoms with E-state index in [4.69, 9.17) is 10.6 Å². The Bertz CT molecular complexity index is 361. The normalized spacial score (nSPS) is 15.9. The van der Waals surface area contributed by atoms with E-state index in [1.54, 1.807) is 12.1 Å². The summed E-state index contributed by atoms with van der Waals surface area (Å²) in [5, 5.41) is 7.78. The van der Waals surface area contributed by atoms with Gasteiger partial charge >= 0.3 is 0 Å². The second-order valence-corrected chi connectivity index (χ2v) is 3.35. The van der Waals surface area contributed by atoms with E-state index in [0.29, 0.717) is 13.2 Å². The Balaban J connectivity index is 2.09. The van der Waals surface area contributed by atoms with Crippen molar-refractivity contribution in [3.05, 3.63) is 17.8 Å². The Hall–Kier alpha value is -1.73. The summed E-state index contributed by atoms with van der Waals surface area (Å²) >= 11 is 0. The topological polar surface area (TPSA) is 93.4 Å². The van der Waals surface area contributed by atoms with Gasteiger partial charge in [-0.2, -0.15) is 0 Å². The summed E-state index contributed by atoms with van der Waals surface area (Å²) in [5.41, 5.74) is 2.21. The largest absolute Gasteiger partial charge is 0.378 e. The molecule has 16 heavy (non-hydrogen) atoms. The highest BCUT2D eigenvalue weighted by molar-refractivity contribution is 5.91. The lowest BCUT2D eigenvalue weighted by Gasteiger charge is -2.27. The summed E-state index contributed by atoms with van der Waals surface area (Å²) < 4.78 is 5.23. The minimum atomic E-state index is -0.443. The van der Waals surface area contributed by atoms with Crippen LogP contribution in [-0.2, 0) is 4.74 Å². The molecule has 0 atom stereocenters. The number of ether oxygens (including phenoxy) is 1. The van der Waals surface area contributed by atoms with Crippen molar-refractivity contribution in [2.75, 3.05) is 31.2 Å². The number of nitrogens with one attached hydrogen (secondary N) is 1. The van der Waals surface area contributed by atoms with Crippen LogP contribution in [0.3, 0.4) is 0 Å². The average Bonchev–Trinajstić information content (AvgIpc) is 2.39. The van der Waals surface area contributed by atoms with Crippen molar-refractivity contribution >= 4 is 11.7 Å². The molecule has 1 aromatic rings. The van der Waals surface area contributed by atoms with Gasteiger partial charge in [0.05, 0.1) is 13.2 Å². The van der Waals surface area contributed by atoms with Crippen LogP contribution in [0.15, 0.2) is 12.1 Å². The van der Waals surface area contributed by atoms with Crippen LogP contribution in [0.4, 0.5) is 5.82 Å². The number of nitrogen functional groups attached to an aromatic ring is 1. The van der Waals surface area contributed by atoms with Crippen molar-refractivity contribution in [2.45, 2.75) is 0 Å². The van der Waals surface area contributed by atoms with Gasteiger partial charge in [0.2, 0.25) is 0 Å². The lowest BCUT2D eigenvalue weighted by molar-refractivity contribution is 0.0947. The molecule has 1 fully saturated rings. The van der Waals surface area contributed by atoms with Crippen molar-refractivity contribution in [3.63, 3.8) is 0 Å². The number of hydrogen-bond acceptors (Lipinski definition) is 6. The Morgan fingerprint density at radius 1 is 1.38 bits per heavy atom. The van der Waals surface area contributed by atoms with E-state index in [-0.39, 0.29) is 5.69 Å². The van der Waals surface area contributed by atoms with Crippen LogP contribution >= 0.6 is 0 Å². The van der Waals surface area contributed by atoms with E-state index in [2.05, 4.69) is 15.1 Å². The number of hydrazine groups is 1. The van der Waals surface area contributed by atoms with Gasteiger partial charge in [0.15, 0.2) is 11.5 Å². The molecule has 1 aliphatic rings. The lowest BCUT2D eigenvalue weighted by atomic mass is 10.3. The third-order valence-electron chi connectivity index (χ3n) is 2.35. The first-order chi connectivity index (χ1) is 7.81. The van der Waals surface area contributed by atoms with Crippen LogP contribution in [0.5, 0.6) is 0 Å². The van der Waals surface area contributed by atoms with E-state index in [1.165, 1.54) is 0 Å². The first-order valence-corrected chi connectivity index (χ1v) is 4.98. The second-order valence-electron chi connectivity index (χ2n) is 3.35. The van der Waals surface area contributed by atoms with Crippen molar-refractivity contribution < 1.29 is 9.53 Å². The van der Waals surface area contributed by atoms with Gasteiger partial charge < -0.3 is 9.64 Å². The molecule has 2 rings (SSSR count). The fourth-order valence-electron chi connectivity index (χ4n) is 1.48. The standard InChI is InChI=1S/C9H13N5O2/c10-11-9(15)7-1-2-8(13-12-7)14-3-5-16-6-4-14/h1-2H,3-6,10H2,(H,11,15). The molecule has 0 unspecified atom stereocenters. The predicted octanol–water partition coefficient (Wildman–Crippen LogP) is -1.08. The first-order valence-electron chi connectivity index (χ1n) is 4.98. The number of nitrogens with two attached hydrogens (primary N) is 1. The molecular formula is C9H13N5O2. The zero-order chi connectivity index (χ0) is 11.4. The monoisotopic (exact) mass is 223 g/mol. The summed E-state index contributed by atoms with van der Waals surface area (Å²) in [4.78, 5) is 13.2. The van der Waals surface area contributed by atoms with Crippen LogP contribution in [0.1, 0.15) is 10.5 Å². The van der Waals surface area contributed by atoms with E-state index in [0.717, 1.165) is 18.9 Å². The highest BCUT2D eigenvalue weighted by atomic mass is 16.5. The summed E-state index contributed by atoms with van der Waals surface area (Å²) in [6.07, 6.45) is 0. The quantitative estimate of drug-likeness (QED) is 0.376. The molecule has 2 heterocycles. The van der Waals surface area contributed by atoms with Crippen LogP contribution in [0.25, 0.3) is 0 Å². The Morgan fingerprint density at radius 3 is 2.69 bits per heavy atom. The maximum Gasteiger partial charge on any atom is 0.285 e. The van der Waals surface area contributed by atoms with Gasteiger partial charge in [-0.15, -0.1) is 10.2 Å². The Morgan fingerprint density at radius 2 is 2.12 bits per heavy atom. The Kier molecular flexibility index (Phi) is 3.28.